The first-order valence-corrected chi connectivity index (χ1v) is 15.1. The fraction of sp³-hybridized carbons (Fsp3) is 0.812. The molecule has 6 rings (SSSR count). The molecule has 5 saturated carbocycles. The molecular weight excluding hydrogens is 496 g/mol. The van der Waals surface area contributed by atoms with Crippen LogP contribution in [0, 0.1) is 51.8 Å². The highest BCUT2D eigenvalue weighted by Gasteiger charge is 2.83. The maximum Gasteiger partial charge on any atom is 0.302 e. The number of carbonyl (C=O) groups excluding carboxylic acids is 2. The monoisotopic (exact) mass is 542 g/mol. The molecule has 7 nitrogen and oxygen atoms in total. The Morgan fingerprint density at radius 1 is 1.03 bits per heavy atom. The molecule has 0 amide bonds. The van der Waals surface area contributed by atoms with Gasteiger partial charge in [-0.1, -0.05) is 23.8 Å². The van der Waals surface area contributed by atoms with E-state index in [-0.39, 0.29) is 41.7 Å². The molecule has 0 heterocycles. The van der Waals surface area contributed by atoms with E-state index in [2.05, 4.69) is 12.7 Å². The molecule has 0 aromatic carbocycles. The Kier molecular flexibility index (Phi) is 6.18. The van der Waals surface area contributed by atoms with Crippen molar-refractivity contribution in [2.75, 3.05) is 0 Å². The van der Waals surface area contributed by atoms with E-state index in [1.807, 2.05) is 6.92 Å². The number of hydrogen-bond acceptors (Lipinski definition) is 7. The minimum absolute atomic E-state index is 0.0817. The first-order chi connectivity index (χ1) is 18.3. The zero-order chi connectivity index (χ0) is 28.3. The number of aliphatic hydroxyl groups is 4. The summed E-state index contributed by atoms with van der Waals surface area (Å²) in [5.74, 6) is -0.919. The summed E-state index contributed by atoms with van der Waals surface area (Å²) < 4.78 is 5.90. The molecule has 6 aliphatic carbocycles. The molecule has 0 radical (unpaired) electrons. The molecular formula is C32H46O7. The molecule has 1 spiro atoms. The van der Waals surface area contributed by atoms with E-state index >= 15 is 0 Å². The molecule has 0 saturated heterocycles. The Labute approximate surface area is 231 Å². The topological polar surface area (TPSA) is 124 Å². The third-order valence-electron chi connectivity index (χ3n) is 12.8. The van der Waals surface area contributed by atoms with Gasteiger partial charge in [-0.05, 0) is 84.0 Å². The number of esters is 1. The molecule has 5 fully saturated rings. The normalized spacial score (nSPS) is 52.1. The lowest BCUT2D eigenvalue weighted by atomic mass is 9.55. The Bertz CT molecular complexity index is 1110. The van der Waals surface area contributed by atoms with Gasteiger partial charge in [-0.2, -0.15) is 0 Å². The van der Waals surface area contributed by atoms with Gasteiger partial charge in [0.05, 0.1) is 29.3 Å². The third kappa shape index (κ3) is 3.25. The van der Waals surface area contributed by atoms with Gasteiger partial charge in [-0.15, -0.1) is 0 Å². The lowest BCUT2D eigenvalue weighted by Gasteiger charge is -2.51. The van der Waals surface area contributed by atoms with Crippen LogP contribution in [0.1, 0.15) is 79.1 Å². The number of aldehydes is 1. The summed E-state index contributed by atoms with van der Waals surface area (Å²) in [7, 11) is 0. The lowest BCUT2D eigenvalue weighted by Crippen LogP contribution is -2.59. The summed E-state index contributed by atoms with van der Waals surface area (Å²) in [5.41, 5.74) is -2.07. The van der Waals surface area contributed by atoms with Crippen molar-refractivity contribution in [1.29, 1.82) is 0 Å². The van der Waals surface area contributed by atoms with Crippen LogP contribution in [-0.4, -0.2) is 62.7 Å². The second-order valence-corrected chi connectivity index (χ2v) is 14.6. The maximum atomic E-state index is 13.3. The van der Waals surface area contributed by atoms with Crippen molar-refractivity contribution in [3.05, 3.63) is 23.8 Å². The molecule has 216 valence electrons. The van der Waals surface area contributed by atoms with Crippen molar-refractivity contribution in [2.45, 2.75) is 109 Å². The number of carbonyl (C=O) groups is 2. The summed E-state index contributed by atoms with van der Waals surface area (Å²) >= 11 is 0. The van der Waals surface area contributed by atoms with E-state index in [1.54, 1.807) is 13.8 Å². The lowest BCUT2D eigenvalue weighted by molar-refractivity contribution is -0.170. The van der Waals surface area contributed by atoms with Crippen molar-refractivity contribution in [1.82, 2.24) is 0 Å². The molecule has 39 heavy (non-hydrogen) atoms. The number of fused-ring (bicyclic) bond motifs is 2. The van der Waals surface area contributed by atoms with Crippen molar-refractivity contribution in [2.24, 2.45) is 51.8 Å². The van der Waals surface area contributed by atoms with Crippen molar-refractivity contribution in [3.63, 3.8) is 0 Å². The van der Waals surface area contributed by atoms with Crippen molar-refractivity contribution in [3.8, 4) is 0 Å². The van der Waals surface area contributed by atoms with Crippen LogP contribution in [0.25, 0.3) is 0 Å². The molecule has 13 atom stereocenters. The van der Waals surface area contributed by atoms with Crippen LogP contribution in [0.5, 0.6) is 0 Å². The molecule has 7 heteroatoms. The zero-order valence-electron chi connectivity index (χ0n) is 23.8. The average molecular weight is 543 g/mol. The number of ether oxygens (including phenoxy) is 1. The third-order valence-corrected chi connectivity index (χ3v) is 12.8. The minimum atomic E-state index is -1.12. The molecule has 6 aliphatic rings. The first-order valence-electron chi connectivity index (χ1n) is 15.1. The van der Waals surface area contributed by atoms with Gasteiger partial charge in [0.2, 0.25) is 0 Å². The van der Waals surface area contributed by atoms with Gasteiger partial charge in [0.15, 0.2) is 0 Å². The predicted octanol–water partition coefficient (Wildman–Crippen LogP) is 3.33. The van der Waals surface area contributed by atoms with E-state index < -0.39 is 46.1 Å². The largest absolute Gasteiger partial charge is 0.462 e. The van der Waals surface area contributed by atoms with Gasteiger partial charge >= 0.3 is 5.97 Å². The summed E-state index contributed by atoms with van der Waals surface area (Å²) in [4.78, 5) is 25.4. The average Bonchev–Trinajstić information content (AvgIpc) is 3.62. The SMILES string of the molecule is C=C(C)[C@@H]1CC[C@H]([C@@H]2CC[C@H]3C2=C[C@@]2(C=O)[C@H]4CC[C@]2([C@@H]3O)[C@H](O)[C@@]42CC[C@@H](C(C)(C)O)[C@@H]2O)[C@@H]1OC(C)=O. The van der Waals surface area contributed by atoms with E-state index in [4.69, 9.17) is 4.74 Å². The summed E-state index contributed by atoms with van der Waals surface area (Å²) in [6, 6.07) is 0. The van der Waals surface area contributed by atoms with Gasteiger partial charge in [0, 0.05) is 41.4 Å². The summed E-state index contributed by atoms with van der Waals surface area (Å²) in [6.45, 7) is 11.0. The number of hydrogen-bond donors (Lipinski definition) is 4. The molecule has 0 unspecified atom stereocenters. The fourth-order valence-electron chi connectivity index (χ4n) is 11.4. The highest BCUT2D eigenvalue weighted by atomic mass is 16.5. The zero-order valence-corrected chi connectivity index (χ0v) is 23.8. The van der Waals surface area contributed by atoms with Gasteiger partial charge in [0.1, 0.15) is 12.4 Å². The second kappa shape index (κ2) is 8.73. The summed E-state index contributed by atoms with van der Waals surface area (Å²) in [6.07, 6.45) is 5.61. The highest BCUT2D eigenvalue weighted by molar-refractivity contribution is 5.71. The van der Waals surface area contributed by atoms with Crippen LogP contribution in [0.3, 0.4) is 0 Å². The quantitative estimate of drug-likeness (QED) is 0.239. The standard InChI is InChI=1S/C32H46O7/c1-16(2)18-6-8-20(25(18)39-17(3)34)19-7-9-21-22(19)14-30(15-33)24-11-13-32(30,26(21)35)28(37)31(24)12-10-23(27(31)36)29(4,5)38/h14-15,18-21,23-28,35-38H,1,6-13H2,2-5H3/t18-,19-,20+,21-,23+,24+,25+,26+,27-,28+,30+,31-,32-/m0/s1. The van der Waals surface area contributed by atoms with Crippen LogP contribution in [-0.2, 0) is 14.3 Å². The molecule has 0 aliphatic heterocycles. The van der Waals surface area contributed by atoms with Crippen molar-refractivity contribution >= 4 is 12.3 Å². The number of allylic oxidation sites excluding steroid dienone is 1. The Hall–Kier alpha value is -1.54. The maximum absolute atomic E-state index is 13.3. The van der Waals surface area contributed by atoms with E-state index in [1.165, 1.54) is 6.92 Å². The van der Waals surface area contributed by atoms with Crippen LogP contribution in [0.15, 0.2) is 23.8 Å². The minimum Gasteiger partial charge on any atom is -0.462 e. The van der Waals surface area contributed by atoms with Gasteiger partial charge in [-0.25, -0.2) is 0 Å². The van der Waals surface area contributed by atoms with Gasteiger partial charge < -0.3 is 30.0 Å². The van der Waals surface area contributed by atoms with Gasteiger partial charge in [-0.3, -0.25) is 4.79 Å². The van der Waals surface area contributed by atoms with Crippen LogP contribution in [0.4, 0.5) is 0 Å². The molecule has 2 bridgehead atoms. The van der Waals surface area contributed by atoms with Crippen molar-refractivity contribution < 1.29 is 34.8 Å². The molecule has 0 aromatic heterocycles. The fourth-order valence-corrected chi connectivity index (χ4v) is 11.4. The van der Waals surface area contributed by atoms with Crippen LogP contribution >= 0.6 is 0 Å². The number of rotatable bonds is 5. The Balaban J connectivity index is 1.43. The first kappa shape index (κ1) is 27.6. The molecule has 4 N–H and O–H groups in total. The number of aliphatic hydroxyl groups excluding tert-OH is 3. The predicted molar refractivity (Wildman–Crippen MR) is 144 cm³/mol. The highest BCUT2D eigenvalue weighted by Crippen LogP contribution is 2.80. The van der Waals surface area contributed by atoms with E-state index in [0.29, 0.717) is 25.7 Å². The smallest absolute Gasteiger partial charge is 0.302 e. The second-order valence-electron chi connectivity index (χ2n) is 14.6. The van der Waals surface area contributed by atoms with Crippen LogP contribution < -0.4 is 0 Å². The van der Waals surface area contributed by atoms with Gasteiger partial charge in [0.25, 0.3) is 0 Å². The molecule has 0 aromatic rings. The summed E-state index contributed by atoms with van der Waals surface area (Å²) in [5, 5.41) is 46.9. The van der Waals surface area contributed by atoms with Crippen LogP contribution in [0.2, 0.25) is 0 Å². The van der Waals surface area contributed by atoms with E-state index in [0.717, 1.165) is 43.1 Å². The Morgan fingerprint density at radius 2 is 1.72 bits per heavy atom. The Morgan fingerprint density at radius 3 is 2.31 bits per heavy atom. The van der Waals surface area contributed by atoms with E-state index in [9.17, 15) is 30.0 Å².